The summed E-state index contributed by atoms with van der Waals surface area (Å²) in [7, 11) is 0. The van der Waals surface area contributed by atoms with Crippen molar-refractivity contribution in [2.45, 2.75) is 70.9 Å². The van der Waals surface area contributed by atoms with Crippen molar-refractivity contribution in [1.82, 2.24) is 4.98 Å². The molecule has 0 radical (unpaired) electrons. The molecule has 164 valence electrons. The van der Waals surface area contributed by atoms with Crippen LogP contribution < -0.4 is 5.56 Å². The van der Waals surface area contributed by atoms with Gasteiger partial charge < -0.3 is 10.1 Å². The number of unbranched alkanes of at least 4 members (excludes halogenated alkanes) is 6. The molecule has 4 nitrogen and oxygen atoms in total. The van der Waals surface area contributed by atoms with Crippen LogP contribution in [0.2, 0.25) is 0 Å². The van der Waals surface area contributed by atoms with Crippen LogP contribution in [0.5, 0.6) is 0 Å². The van der Waals surface area contributed by atoms with Crippen molar-refractivity contribution in [1.29, 1.82) is 0 Å². The van der Waals surface area contributed by atoms with Crippen LogP contribution in [0, 0.1) is 6.92 Å². The van der Waals surface area contributed by atoms with Crippen molar-refractivity contribution in [3.05, 3.63) is 57.5 Å². The summed E-state index contributed by atoms with van der Waals surface area (Å²) in [6, 6.07) is 9.25. The van der Waals surface area contributed by atoms with E-state index in [1.807, 2.05) is 24.3 Å². The van der Waals surface area contributed by atoms with Crippen LogP contribution in [0.4, 0.5) is 13.2 Å². The van der Waals surface area contributed by atoms with Crippen molar-refractivity contribution in [2.24, 2.45) is 0 Å². The highest BCUT2D eigenvalue weighted by Gasteiger charge is 2.25. The number of nitrogens with one attached hydrogen (secondary N) is 1. The van der Waals surface area contributed by atoms with Crippen molar-refractivity contribution in [2.75, 3.05) is 0 Å². The molecule has 2 N–H and O–H groups in total. The Hall–Kier alpha value is -2.57. The number of aromatic amines is 1. The molecule has 0 spiro atoms. The van der Waals surface area contributed by atoms with Gasteiger partial charge in [-0.25, -0.2) is 4.79 Å². The Morgan fingerprint density at radius 1 is 1.00 bits per heavy atom. The zero-order valence-corrected chi connectivity index (χ0v) is 17.1. The van der Waals surface area contributed by atoms with Gasteiger partial charge in [0.1, 0.15) is 5.69 Å². The maximum atomic E-state index is 12.3. The van der Waals surface area contributed by atoms with Crippen LogP contribution >= 0.6 is 0 Å². The number of alkyl halides is 3. The second kappa shape index (κ2) is 11.0. The molecule has 7 heteroatoms. The lowest BCUT2D eigenvalue weighted by Gasteiger charge is -2.08. The van der Waals surface area contributed by atoms with Gasteiger partial charge in [0.25, 0.3) is 5.56 Å². The average Bonchev–Trinajstić information content (AvgIpc) is 2.67. The summed E-state index contributed by atoms with van der Waals surface area (Å²) in [4.78, 5) is 25.9. The van der Waals surface area contributed by atoms with E-state index in [0.29, 0.717) is 17.5 Å². The first-order chi connectivity index (χ1) is 14.2. The number of aromatic carboxylic acids is 1. The van der Waals surface area contributed by atoms with E-state index in [4.69, 9.17) is 5.11 Å². The summed E-state index contributed by atoms with van der Waals surface area (Å²) in [6.45, 7) is 1.65. The molecule has 0 aliphatic rings. The Morgan fingerprint density at radius 3 is 2.27 bits per heavy atom. The molecular weight excluding hydrogens is 395 g/mol. The van der Waals surface area contributed by atoms with E-state index in [-0.39, 0.29) is 12.1 Å². The number of hydrogen-bond acceptors (Lipinski definition) is 2. The Balaban J connectivity index is 1.81. The van der Waals surface area contributed by atoms with Crippen LogP contribution in [0.15, 0.2) is 35.1 Å². The van der Waals surface area contributed by atoms with Crippen LogP contribution in [-0.2, 0) is 6.42 Å². The molecule has 30 heavy (non-hydrogen) atoms. The molecule has 0 aliphatic heterocycles. The predicted octanol–water partition coefficient (Wildman–Crippen LogP) is 6.27. The largest absolute Gasteiger partial charge is 0.477 e. The van der Waals surface area contributed by atoms with Crippen molar-refractivity contribution >= 4 is 5.97 Å². The van der Waals surface area contributed by atoms with Crippen LogP contribution in [-0.4, -0.2) is 22.2 Å². The number of halogens is 3. The minimum atomic E-state index is -4.05. The van der Waals surface area contributed by atoms with Crippen LogP contribution in [0.3, 0.4) is 0 Å². The minimum Gasteiger partial charge on any atom is -0.477 e. The number of aromatic nitrogens is 1. The topological polar surface area (TPSA) is 70.2 Å². The third kappa shape index (κ3) is 7.69. The Kier molecular flexibility index (Phi) is 8.69. The van der Waals surface area contributed by atoms with Crippen molar-refractivity contribution in [3.63, 3.8) is 0 Å². The minimum absolute atomic E-state index is 0.0988. The second-order valence-corrected chi connectivity index (χ2v) is 7.67. The molecule has 0 unspecified atom stereocenters. The van der Waals surface area contributed by atoms with Gasteiger partial charge in [-0.1, -0.05) is 56.4 Å². The summed E-state index contributed by atoms with van der Waals surface area (Å²) in [5.41, 5.74) is 2.26. The Morgan fingerprint density at radius 2 is 1.63 bits per heavy atom. The standard InChI is InChI=1S/C23H28F3NO3/c1-16-14-19(21(28)27-20(16)22(29)30)18-12-9-11-17(15-18)10-7-5-3-2-4-6-8-13-23(24,25)26/h9,11-12,14-15H,2-8,10,13H2,1H3,(H,27,28)(H,29,30). The van der Waals surface area contributed by atoms with Gasteiger partial charge in [-0.15, -0.1) is 0 Å². The lowest BCUT2D eigenvalue weighted by atomic mass is 9.99. The van der Waals surface area contributed by atoms with Gasteiger partial charge in [-0.05, 0) is 48.9 Å². The number of aryl methyl sites for hydroxylation is 2. The summed E-state index contributed by atoms with van der Waals surface area (Å²) in [5, 5.41) is 9.11. The number of H-pyrrole nitrogens is 1. The fourth-order valence-electron chi connectivity index (χ4n) is 3.50. The molecule has 0 atom stereocenters. The lowest BCUT2D eigenvalue weighted by Crippen LogP contribution is -2.16. The summed E-state index contributed by atoms with van der Waals surface area (Å²) in [5.74, 6) is -1.16. The Bertz CT molecular complexity index is 903. The molecule has 1 aromatic heterocycles. The summed E-state index contributed by atoms with van der Waals surface area (Å²) >= 11 is 0. The average molecular weight is 423 g/mol. The normalized spacial score (nSPS) is 11.6. The maximum absolute atomic E-state index is 12.3. The smallest absolute Gasteiger partial charge is 0.389 e. The van der Waals surface area contributed by atoms with E-state index in [0.717, 1.165) is 49.7 Å². The zero-order valence-electron chi connectivity index (χ0n) is 17.1. The van der Waals surface area contributed by atoms with Gasteiger partial charge >= 0.3 is 12.1 Å². The SMILES string of the molecule is Cc1cc(-c2cccc(CCCCCCCCCC(F)(F)F)c2)c(=O)[nH]c1C(=O)O. The van der Waals surface area contributed by atoms with Gasteiger partial charge in [0.15, 0.2) is 0 Å². The summed E-state index contributed by atoms with van der Waals surface area (Å²) < 4.78 is 36.2. The first-order valence-corrected chi connectivity index (χ1v) is 10.3. The number of carbonyl (C=O) groups is 1. The van der Waals surface area contributed by atoms with E-state index >= 15 is 0 Å². The highest BCUT2D eigenvalue weighted by Crippen LogP contribution is 2.23. The molecule has 0 amide bonds. The van der Waals surface area contributed by atoms with Crippen molar-refractivity contribution < 1.29 is 23.1 Å². The van der Waals surface area contributed by atoms with Gasteiger partial charge in [0.05, 0.1) is 0 Å². The van der Waals surface area contributed by atoms with Gasteiger partial charge in [-0.2, -0.15) is 13.2 Å². The number of pyridine rings is 1. The van der Waals surface area contributed by atoms with E-state index in [1.165, 1.54) is 0 Å². The molecule has 0 bridgehead atoms. The molecule has 2 aromatic rings. The van der Waals surface area contributed by atoms with Crippen molar-refractivity contribution in [3.8, 4) is 11.1 Å². The van der Waals surface area contributed by atoms with Crippen LogP contribution in [0.1, 0.15) is 73.0 Å². The predicted molar refractivity (Wildman–Crippen MR) is 111 cm³/mol. The van der Waals surface area contributed by atoms with E-state index in [1.54, 1.807) is 13.0 Å². The molecule has 1 heterocycles. The maximum Gasteiger partial charge on any atom is 0.389 e. The highest BCUT2D eigenvalue weighted by atomic mass is 19.4. The lowest BCUT2D eigenvalue weighted by molar-refractivity contribution is -0.135. The van der Waals surface area contributed by atoms with Gasteiger partial charge in [0.2, 0.25) is 0 Å². The molecular formula is C23H28F3NO3. The first kappa shape index (κ1) is 23.7. The fraction of sp³-hybridized carbons (Fsp3) is 0.478. The molecule has 0 saturated heterocycles. The van der Waals surface area contributed by atoms with E-state index in [2.05, 4.69) is 4.98 Å². The van der Waals surface area contributed by atoms with Gasteiger partial charge in [0, 0.05) is 12.0 Å². The molecule has 1 aromatic carbocycles. The third-order valence-electron chi connectivity index (χ3n) is 5.12. The number of rotatable bonds is 11. The van der Waals surface area contributed by atoms with E-state index < -0.39 is 24.1 Å². The molecule has 2 rings (SSSR count). The number of carboxylic acids is 1. The highest BCUT2D eigenvalue weighted by molar-refractivity contribution is 5.87. The third-order valence-corrected chi connectivity index (χ3v) is 5.12. The Labute approximate surface area is 174 Å². The fourth-order valence-corrected chi connectivity index (χ4v) is 3.50. The number of carboxylic acid groups (broad SMARTS) is 1. The second-order valence-electron chi connectivity index (χ2n) is 7.67. The zero-order chi connectivity index (χ0) is 22.1. The summed E-state index contributed by atoms with van der Waals surface area (Å²) in [6.07, 6.45) is 1.71. The monoisotopic (exact) mass is 423 g/mol. The number of benzene rings is 1. The number of hydrogen-bond donors (Lipinski definition) is 2. The molecule has 0 fully saturated rings. The first-order valence-electron chi connectivity index (χ1n) is 10.3. The molecule has 0 aliphatic carbocycles. The van der Waals surface area contributed by atoms with Crippen LogP contribution in [0.25, 0.3) is 11.1 Å². The van der Waals surface area contributed by atoms with E-state index in [9.17, 15) is 22.8 Å². The van der Waals surface area contributed by atoms with Gasteiger partial charge in [-0.3, -0.25) is 4.79 Å². The quantitative estimate of drug-likeness (QED) is 0.418. The molecule has 0 saturated carbocycles.